The molecule has 4 nitrogen and oxygen atoms in total. The van der Waals surface area contributed by atoms with Crippen molar-refractivity contribution in [2.24, 2.45) is 4.99 Å². The zero-order valence-electron chi connectivity index (χ0n) is 13.7. The van der Waals surface area contributed by atoms with Crippen LogP contribution in [0.15, 0.2) is 23.2 Å². The van der Waals surface area contributed by atoms with E-state index in [1.54, 1.807) is 13.2 Å². The second kappa shape index (κ2) is 8.68. The Kier molecular flexibility index (Phi) is 7.24. The number of halogens is 2. The Morgan fingerprint density at radius 3 is 2.64 bits per heavy atom. The Hall–Kier alpha value is -1.69. The van der Waals surface area contributed by atoms with E-state index < -0.39 is 11.6 Å². The standard InChI is InChI=1S/C16H25F2N3O/c1-5-19-15(21-11-16(2,3)22-4)20-10-9-12-7-6-8-13(17)14(12)18/h6-8H,5,9-11H2,1-4H3,(H2,19,20,21). The molecule has 0 unspecified atom stereocenters. The smallest absolute Gasteiger partial charge is 0.191 e. The van der Waals surface area contributed by atoms with Crippen molar-refractivity contribution in [2.75, 3.05) is 26.7 Å². The minimum absolute atomic E-state index is 0.348. The molecule has 0 spiro atoms. The van der Waals surface area contributed by atoms with E-state index >= 15 is 0 Å². The van der Waals surface area contributed by atoms with Crippen molar-refractivity contribution in [3.8, 4) is 0 Å². The quantitative estimate of drug-likeness (QED) is 0.600. The van der Waals surface area contributed by atoms with Crippen LogP contribution in [0.2, 0.25) is 0 Å². The Morgan fingerprint density at radius 2 is 2.00 bits per heavy atom. The maximum absolute atomic E-state index is 13.6. The number of ether oxygens (including phenoxy) is 1. The molecule has 0 aliphatic carbocycles. The summed E-state index contributed by atoms with van der Waals surface area (Å²) in [7, 11) is 1.64. The molecule has 0 aliphatic heterocycles. The van der Waals surface area contributed by atoms with Gasteiger partial charge < -0.3 is 15.4 Å². The zero-order chi connectivity index (χ0) is 16.6. The van der Waals surface area contributed by atoms with E-state index in [2.05, 4.69) is 15.6 Å². The first-order valence-electron chi connectivity index (χ1n) is 7.40. The molecule has 2 N–H and O–H groups in total. The number of benzene rings is 1. The van der Waals surface area contributed by atoms with E-state index in [9.17, 15) is 8.78 Å². The van der Waals surface area contributed by atoms with Crippen molar-refractivity contribution in [1.29, 1.82) is 0 Å². The molecule has 0 radical (unpaired) electrons. The summed E-state index contributed by atoms with van der Waals surface area (Å²) < 4.78 is 32.0. The van der Waals surface area contributed by atoms with Gasteiger partial charge in [-0.2, -0.15) is 0 Å². The summed E-state index contributed by atoms with van der Waals surface area (Å²) >= 11 is 0. The van der Waals surface area contributed by atoms with Crippen LogP contribution in [0.1, 0.15) is 26.3 Å². The molecule has 0 heterocycles. The monoisotopic (exact) mass is 313 g/mol. The molecule has 0 saturated carbocycles. The molecule has 0 bridgehead atoms. The Bertz CT molecular complexity index is 504. The zero-order valence-corrected chi connectivity index (χ0v) is 13.7. The van der Waals surface area contributed by atoms with Crippen LogP contribution in [-0.2, 0) is 11.2 Å². The molecule has 0 amide bonds. The number of nitrogens with one attached hydrogen (secondary N) is 2. The first-order valence-corrected chi connectivity index (χ1v) is 7.40. The van der Waals surface area contributed by atoms with Crippen molar-refractivity contribution in [3.05, 3.63) is 35.4 Å². The molecular formula is C16H25F2N3O. The number of nitrogens with zero attached hydrogens (tertiary/aromatic N) is 1. The highest BCUT2D eigenvalue weighted by Crippen LogP contribution is 2.11. The van der Waals surface area contributed by atoms with Crippen molar-refractivity contribution in [1.82, 2.24) is 10.6 Å². The summed E-state index contributed by atoms with van der Waals surface area (Å²) in [4.78, 5) is 4.43. The van der Waals surface area contributed by atoms with Gasteiger partial charge in [0.25, 0.3) is 0 Å². The maximum Gasteiger partial charge on any atom is 0.191 e. The first kappa shape index (κ1) is 18.4. The summed E-state index contributed by atoms with van der Waals surface area (Å²) in [6, 6.07) is 4.21. The van der Waals surface area contributed by atoms with Crippen LogP contribution >= 0.6 is 0 Å². The summed E-state index contributed by atoms with van der Waals surface area (Å²) in [5, 5.41) is 6.21. The van der Waals surface area contributed by atoms with E-state index in [0.717, 1.165) is 6.07 Å². The van der Waals surface area contributed by atoms with Crippen LogP contribution in [0, 0.1) is 11.6 Å². The normalized spacial score (nSPS) is 12.4. The van der Waals surface area contributed by atoms with Gasteiger partial charge in [-0.1, -0.05) is 12.1 Å². The molecular weight excluding hydrogens is 288 g/mol. The average molecular weight is 313 g/mol. The van der Waals surface area contributed by atoms with Crippen LogP contribution in [-0.4, -0.2) is 38.3 Å². The number of aliphatic imine (C=N–C) groups is 1. The molecule has 1 aromatic carbocycles. The van der Waals surface area contributed by atoms with Gasteiger partial charge in [0.15, 0.2) is 17.6 Å². The van der Waals surface area contributed by atoms with Crippen LogP contribution in [0.3, 0.4) is 0 Å². The van der Waals surface area contributed by atoms with Crippen molar-refractivity contribution in [3.63, 3.8) is 0 Å². The highest BCUT2D eigenvalue weighted by atomic mass is 19.2. The van der Waals surface area contributed by atoms with Crippen molar-refractivity contribution < 1.29 is 13.5 Å². The molecule has 6 heteroatoms. The lowest BCUT2D eigenvalue weighted by Crippen LogP contribution is -2.40. The predicted molar refractivity (Wildman–Crippen MR) is 85.1 cm³/mol. The summed E-state index contributed by atoms with van der Waals surface area (Å²) in [6.45, 7) is 7.52. The van der Waals surface area contributed by atoms with E-state index in [1.165, 1.54) is 6.07 Å². The lowest BCUT2D eigenvalue weighted by Gasteiger charge is -2.21. The minimum atomic E-state index is -0.820. The molecule has 124 valence electrons. The topological polar surface area (TPSA) is 45.7 Å². The summed E-state index contributed by atoms with van der Waals surface area (Å²) in [5.41, 5.74) is -0.00243. The third-order valence-corrected chi connectivity index (χ3v) is 3.23. The van der Waals surface area contributed by atoms with Crippen LogP contribution in [0.4, 0.5) is 8.78 Å². The molecule has 0 aliphatic rings. The van der Waals surface area contributed by atoms with Gasteiger partial charge in [-0.15, -0.1) is 0 Å². The number of rotatable bonds is 7. The summed E-state index contributed by atoms with van der Waals surface area (Å²) in [5.74, 6) is -0.976. The largest absolute Gasteiger partial charge is 0.377 e. The number of hydrogen-bond acceptors (Lipinski definition) is 2. The van der Waals surface area contributed by atoms with Gasteiger partial charge in [0.1, 0.15) is 0 Å². The van der Waals surface area contributed by atoms with Gasteiger partial charge in [0, 0.05) is 20.2 Å². The van der Waals surface area contributed by atoms with Gasteiger partial charge >= 0.3 is 0 Å². The molecule has 0 fully saturated rings. The van der Waals surface area contributed by atoms with E-state index in [-0.39, 0.29) is 5.60 Å². The van der Waals surface area contributed by atoms with E-state index in [4.69, 9.17) is 4.74 Å². The second-order valence-electron chi connectivity index (χ2n) is 5.55. The Labute approximate surface area is 131 Å². The van der Waals surface area contributed by atoms with E-state index in [0.29, 0.717) is 37.6 Å². The van der Waals surface area contributed by atoms with Crippen LogP contribution < -0.4 is 10.6 Å². The second-order valence-corrected chi connectivity index (χ2v) is 5.55. The number of hydrogen-bond donors (Lipinski definition) is 2. The Morgan fingerprint density at radius 1 is 1.27 bits per heavy atom. The molecule has 1 rings (SSSR count). The lowest BCUT2D eigenvalue weighted by atomic mass is 10.1. The van der Waals surface area contributed by atoms with Gasteiger partial charge in [-0.3, -0.25) is 4.99 Å². The summed E-state index contributed by atoms with van der Waals surface area (Å²) in [6.07, 6.45) is 0.377. The number of methoxy groups -OCH3 is 1. The van der Waals surface area contributed by atoms with Gasteiger partial charge in [-0.25, -0.2) is 8.78 Å². The SMILES string of the molecule is CCNC(=NCC(C)(C)OC)NCCc1cccc(F)c1F. The molecule has 0 aromatic heterocycles. The van der Waals surface area contributed by atoms with Crippen LogP contribution in [0.25, 0.3) is 0 Å². The fourth-order valence-corrected chi connectivity index (χ4v) is 1.73. The van der Waals surface area contributed by atoms with Crippen molar-refractivity contribution in [2.45, 2.75) is 32.8 Å². The average Bonchev–Trinajstić information content (AvgIpc) is 2.49. The van der Waals surface area contributed by atoms with Crippen molar-refractivity contribution >= 4 is 5.96 Å². The Balaban J connectivity index is 2.57. The maximum atomic E-state index is 13.6. The molecule has 22 heavy (non-hydrogen) atoms. The number of guanidine groups is 1. The minimum Gasteiger partial charge on any atom is -0.377 e. The lowest BCUT2D eigenvalue weighted by molar-refractivity contribution is 0.0310. The van der Waals surface area contributed by atoms with E-state index in [1.807, 2.05) is 20.8 Å². The third kappa shape index (κ3) is 5.97. The molecule has 0 atom stereocenters. The highest BCUT2D eigenvalue weighted by Gasteiger charge is 2.15. The van der Waals surface area contributed by atoms with Crippen LogP contribution in [0.5, 0.6) is 0 Å². The third-order valence-electron chi connectivity index (χ3n) is 3.23. The first-order chi connectivity index (χ1) is 10.4. The predicted octanol–water partition coefficient (Wildman–Crippen LogP) is 2.49. The van der Waals surface area contributed by atoms with Gasteiger partial charge in [-0.05, 0) is 38.8 Å². The van der Waals surface area contributed by atoms with Gasteiger partial charge in [0.2, 0.25) is 0 Å². The fourth-order valence-electron chi connectivity index (χ4n) is 1.73. The fraction of sp³-hybridized carbons (Fsp3) is 0.562. The molecule has 0 saturated heterocycles. The van der Waals surface area contributed by atoms with Gasteiger partial charge in [0.05, 0.1) is 12.1 Å². The molecule has 1 aromatic rings. The highest BCUT2D eigenvalue weighted by molar-refractivity contribution is 5.79.